The predicted octanol–water partition coefficient (Wildman–Crippen LogP) is 1.61. The smallest absolute Gasteiger partial charge is 0.294 e. The first kappa shape index (κ1) is 24.9. The van der Waals surface area contributed by atoms with Crippen molar-refractivity contribution < 1.29 is 14.3 Å². The lowest BCUT2D eigenvalue weighted by molar-refractivity contribution is -0.124. The van der Waals surface area contributed by atoms with Crippen LogP contribution in [0.1, 0.15) is 36.2 Å². The molecule has 3 N–H and O–H groups in total. The average molecular weight is 491 g/mol. The van der Waals surface area contributed by atoms with E-state index in [1.165, 1.54) is 4.57 Å². The number of hydrogen-bond acceptors (Lipinski definition) is 7. The fourth-order valence-electron chi connectivity index (χ4n) is 4.16. The molecule has 0 aliphatic carbocycles. The van der Waals surface area contributed by atoms with Gasteiger partial charge in [0.25, 0.3) is 11.5 Å². The molecule has 0 radical (unpaired) electrons. The van der Waals surface area contributed by atoms with Crippen LogP contribution >= 0.6 is 0 Å². The highest BCUT2D eigenvalue weighted by molar-refractivity contribution is 5.81. The fraction of sp³-hybridized carbons (Fsp3) is 0.346. The number of pyridine rings is 1. The van der Waals surface area contributed by atoms with E-state index in [-0.39, 0.29) is 36.3 Å². The molecule has 0 bridgehead atoms. The number of likely N-dealkylation sites (N-methyl/N-ethyl adjacent to an activating group) is 1. The Morgan fingerprint density at radius 3 is 2.81 bits per heavy atom. The molecule has 3 heterocycles. The van der Waals surface area contributed by atoms with Gasteiger partial charge < -0.3 is 20.7 Å². The number of nitrogens with one attached hydrogen (secondary N) is 3. The minimum absolute atomic E-state index is 0.103. The minimum Gasteiger partial charge on any atom is -0.483 e. The van der Waals surface area contributed by atoms with E-state index in [2.05, 4.69) is 25.9 Å². The van der Waals surface area contributed by atoms with Gasteiger partial charge >= 0.3 is 0 Å². The van der Waals surface area contributed by atoms with E-state index < -0.39 is 6.04 Å². The lowest BCUT2D eigenvalue weighted by Gasteiger charge is -2.17. The SMILES string of the molecule is CCNC(=O)COc1ccccc1CNC(=O)[C@@H]1CCc2cnc(NCCc3cccnc3)c(=O)n21. The summed E-state index contributed by atoms with van der Waals surface area (Å²) in [6.07, 6.45) is 6.98. The van der Waals surface area contributed by atoms with Gasteiger partial charge in [-0.15, -0.1) is 0 Å². The maximum atomic E-state index is 13.1. The summed E-state index contributed by atoms with van der Waals surface area (Å²) in [4.78, 5) is 46.3. The van der Waals surface area contributed by atoms with Gasteiger partial charge in [0.15, 0.2) is 12.4 Å². The van der Waals surface area contributed by atoms with E-state index in [1.807, 2.05) is 31.2 Å². The molecule has 1 aliphatic heterocycles. The monoisotopic (exact) mass is 490 g/mol. The Morgan fingerprint density at radius 1 is 1.14 bits per heavy atom. The van der Waals surface area contributed by atoms with Crippen LogP contribution in [0.5, 0.6) is 5.75 Å². The Morgan fingerprint density at radius 2 is 2.00 bits per heavy atom. The number of para-hydroxylation sites is 1. The number of aromatic nitrogens is 3. The van der Waals surface area contributed by atoms with Crippen LogP contribution in [0.4, 0.5) is 5.82 Å². The molecule has 1 aromatic carbocycles. The van der Waals surface area contributed by atoms with Crippen molar-refractivity contribution >= 4 is 17.6 Å². The number of carbonyl (C=O) groups excluding carboxylic acids is 2. The zero-order valence-corrected chi connectivity index (χ0v) is 20.2. The van der Waals surface area contributed by atoms with Gasteiger partial charge in [0.05, 0.1) is 0 Å². The number of fused-ring (bicyclic) bond motifs is 1. The van der Waals surface area contributed by atoms with E-state index in [4.69, 9.17) is 4.74 Å². The van der Waals surface area contributed by atoms with E-state index in [0.29, 0.717) is 38.1 Å². The van der Waals surface area contributed by atoms with Gasteiger partial charge in [0.1, 0.15) is 11.8 Å². The number of benzene rings is 1. The summed E-state index contributed by atoms with van der Waals surface area (Å²) < 4.78 is 7.16. The predicted molar refractivity (Wildman–Crippen MR) is 135 cm³/mol. The summed E-state index contributed by atoms with van der Waals surface area (Å²) in [5.41, 5.74) is 2.23. The van der Waals surface area contributed by atoms with Crippen LogP contribution in [-0.4, -0.2) is 46.0 Å². The van der Waals surface area contributed by atoms with Gasteiger partial charge in [-0.3, -0.25) is 23.9 Å². The second-order valence-electron chi connectivity index (χ2n) is 8.43. The number of carbonyl (C=O) groups is 2. The summed E-state index contributed by atoms with van der Waals surface area (Å²) in [7, 11) is 0. The molecular weight excluding hydrogens is 460 g/mol. The Balaban J connectivity index is 1.38. The van der Waals surface area contributed by atoms with E-state index >= 15 is 0 Å². The molecule has 0 fully saturated rings. The minimum atomic E-state index is -0.613. The molecule has 4 rings (SSSR count). The number of ether oxygens (including phenoxy) is 1. The molecule has 2 amide bonds. The molecule has 2 aromatic heterocycles. The van der Waals surface area contributed by atoms with Crippen molar-refractivity contribution in [3.63, 3.8) is 0 Å². The highest BCUT2D eigenvalue weighted by Gasteiger charge is 2.30. The van der Waals surface area contributed by atoms with E-state index in [1.54, 1.807) is 30.7 Å². The van der Waals surface area contributed by atoms with Gasteiger partial charge in [-0.05, 0) is 43.9 Å². The van der Waals surface area contributed by atoms with Crippen molar-refractivity contribution in [1.29, 1.82) is 0 Å². The van der Waals surface area contributed by atoms with Crippen molar-refractivity contribution in [2.45, 2.75) is 38.8 Å². The molecule has 1 aliphatic rings. The zero-order chi connectivity index (χ0) is 25.3. The Bertz CT molecular complexity index is 1260. The Kier molecular flexibility index (Phi) is 8.28. The summed E-state index contributed by atoms with van der Waals surface area (Å²) in [5, 5.41) is 8.70. The van der Waals surface area contributed by atoms with Gasteiger partial charge in [-0.25, -0.2) is 4.98 Å². The first-order valence-electron chi connectivity index (χ1n) is 12.0. The van der Waals surface area contributed by atoms with Crippen LogP contribution in [0, 0.1) is 0 Å². The summed E-state index contributed by atoms with van der Waals surface area (Å²) >= 11 is 0. The molecule has 10 nitrogen and oxygen atoms in total. The van der Waals surface area contributed by atoms with Crippen molar-refractivity contribution in [3.05, 3.63) is 82.2 Å². The zero-order valence-electron chi connectivity index (χ0n) is 20.2. The number of nitrogens with zero attached hydrogens (tertiary/aromatic N) is 3. The van der Waals surface area contributed by atoms with Gasteiger partial charge in [-0.2, -0.15) is 0 Å². The molecule has 1 atom stereocenters. The third kappa shape index (κ3) is 6.07. The van der Waals surface area contributed by atoms with Gasteiger partial charge in [0.2, 0.25) is 5.91 Å². The first-order chi connectivity index (χ1) is 17.6. The first-order valence-corrected chi connectivity index (χ1v) is 12.0. The molecule has 0 unspecified atom stereocenters. The topological polar surface area (TPSA) is 127 Å². The third-order valence-electron chi connectivity index (χ3n) is 5.95. The normalized spacial score (nSPS) is 14.1. The Hall–Kier alpha value is -4.21. The third-order valence-corrected chi connectivity index (χ3v) is 5.95. The molecule has 10 heteroatoms. The molecule has 0 spiro atoms. The second kappa shape index (κ2) is 12.0. The van der Waals surface area contributed by atoms with Crippen LogP contribution in [0.3, 0.4) is 0 Å². The fourth-order valence-corrected chi connectivity index (χ4v) is 4.16. The molecule has 188 valence electrons. The van der Waals surface area contributed by atoms with Crippen LogP contribution < -0.4 is 26.2 Å². The van der Waals surface area contributed by atoms with Crippen molar-refractivity contribution in [2.24, 2.45) is 0 Å². The van der Waals surface area contributed by atoms with E-state index in [9.17, 15) is 14.4 Å². The highest BCUT2D eigenvalue weighted by Crippen LogP contribution is 2.24. The number of aryl methyl sites for hydroxylation is 1. The number of rotatable bonds is 11. The number of amides is 2. The summed E-state index contributed by atoms with van der Waals surface area (Å²) in [6, 6.07) is 10.5. The van der Waals surface area contributed by atoms with Crippen molar-refractivity contribution in [1.82, 2.24) is 25.2 Å². The van der Waals surface area contributed by atoms with Crippen LogP contribution in [0.2, 0.25) is 0 Å². The Labute approximate surface area is 209 Å². The lowest BCUT2D eigenvalue weighted by atomic mass is 10.1. The van der Waals surface area contributed by atoms with Gasteiger partial charge in [0, 0.05) is 49.5 Å². The van der Waals surface area contributed by atoms with E-state index in [0.717, 1.165) is 16.8 Å². The van der Waals surface area contributed by atoms with Crippen LogP contribution in [0.15, 0.2) is 59.8 Å². The highest BCUT2D eigenvalue weighted by atomic mass is 16.5. The largest absolute Gasteiger partial charge is 0.483 e. The van der Waals surface area contributed by atoms with Crippen molar-refractivity contribution in [2.75, 3.05) is 25.0 Å². The summed E-state index contributed by atoms with van der Waals surface area (Å²) in [5.74, 6) is 0.294. The maximum absolute atomic E-state index is 13.1. The second-order valence-corrected chi connectivity index (χ2v) is 8.43. The molecule has 36 heavy (non-hydrogen) atoms. The molecule has 0 saturated carbocycles. The standard InChI is InChI=1S/C26H30N6O4/c1-2-28-23(33)17-36-22-8-4-3-7-19(22)15-31-25(34)21-10-9-20-16-30-24(26(35)32(20)21)29-13-11-18-6-5-12-27-14-18/h3-8,12,14,16,21H,2,9-11,13,15,17H2,1H3,(H,28,33)(H,29,30)(H,31,34)/t21-/m0/s1. The van der Waals surface area contributed by atoms with Crippen molar-refractivity contribution in [3.8, 4) is 5.75 Å². The van der Waals surface area contributed by atoms with Gasteiger partial charge in [-0.1, -0.05) is 24.3 Å². The molecule has 0 saturated heterocycles. The van der Waals surface area contributed by atoms with Crippen LogP contribution in [-0.2, 0) is 29.0 Å². The van der Waals surface area contributed by atoms with Crippen LogP contribution in [0.25, 0.3) is 0 Å². The molecular formula is C26H30N6O4. The number of hydrogen-bond donors (Lipinski definition) is 3. The summed E-state index contributed by atoms with van der Waals surface area (Å²) in [6.45, 7) is 3.00. The molecule has 3 aromatic rings. The number of anilines is 1. The quantitative estimate of drug-likeness (QED) is 0.373. The average Bonchev–Trinajstić information content (AvgIpc) is 3.34. The maximum Gasteiger partial charge on any atom is 0.294 e. The lowest BCUT2D eigenvalue weighted by Crippen LogP contribution is -2.36.